The molecule has 0 aliphatic carbocycles. The van der Waals surface area contributed by atoms with Crippen molar-refractivity contribution in [1.82, 2.24) is 5.32 Å². The Hall–Kier alpha value is -0.890. The van der Waals surface area contributed by atoms with Crippen LogP contribution in [0.1, 0.15) is 33.3 Å². The van der Waals surface area contributed by atoms with Crippen LogP contribution in [0.3, 0.4) is 0 Å². The van der Waals surface area contributed by atoms with Gasteiger partial charge in [-0.2, -0.15) is 0 Å². The van der Waals surface area contributed by atoms with E-state index in [1.54, 1.807) is 0 Å². The van der Waals surface area contributed by atoms with E-state index in [2.05, 4.69) is 33.0 Å². The Balaban J connectivity index is 2.33. The number of benzene rings is 1. The summed E-state index contributed by atoms with van der Waals surface area (Å²) in [5.41, 5.74) is 1.46. The van der Waals surface area contributed by atoms with Gasteiger partial charge in [0.25, 0.3) is 0 Å². The van der Waals surface area contributed by atoms with Gasteiger partial charge in [0, 0.05) is 6.04 Å². The zero-order valence-electron chi connectivity index (χ0n) is 10.7. The Morgan fingerprint density at radius 2 is 1.75 bits per heavy atom. The molecule has 0 saturated heterocycles. The minimum Gasteiger partial charge on any atom is -0.313 e. The number of rotatable bonds is 4. The second kappa shape index (κ2) is 5.44. The molecule has 1 aromatic rings. The molecule has 0 spiro atoms. The van der Waals surface area contributed by atoms with E-state index in [9.17, 15) is 4.39 Å². The largest absolute Gasteiger partial charge is 0.313 e. The van der Waals surface area contributed by atoms with E-state index in [0.717, 1.165) is 13.0 Å². The van der Waals surface area contributed by atoms with Gasteiger partial charge < -0.3 is 5.32 Å². The van der Waals surface area contributed by atoms with Crippen molar-refractivity contribution < 1.29 is 4.39 Å². The average molecular weight is 223 g/mol. The van der Waals surface area contributed by atoms with Gasteiger partial charge in [-0.15, -0.1) is 0 Å². The van der Waals surface area contributed by atoms with E-state index in [4.69, 9.17) is 0 Å². The van der Waals surface area contributed by atoms with Crippen LogP contribution >= 0.6 is 0 Å². The molecular formula is C14H22FN. The van der Waals surface area contributed by atoms with Crippen LogP contribution in [0.2, 0.25) is 0 Å². The number of halogens is 1. The Labute approximate surface area is 98.1 Å². The van der Waals surface area contributed by atoms with Crippen LogP contribution in [0.4, 0.5) is 4.39 Å². The number of hydrogen-bond acceptors (Lipinski definition) is 1. The number of hydrogen-bond donors (Lipinski definition) is 1. The summed E-state index contributed by atoms with van der Waals surface area (Å²) in [6, 6.07) is 7.20. The van der Waals surface area contributed by atoms with Gasteiger partial charge in [0.15, 0.2) is 0 Å². The molecule has 1 nitrogen and oxygen atoms in total. The molecule has 0 bridgehead atoms. The average Bonchev–Trinajstić information content (AvgIpc) is 2.19. The quantitative estimate of drug-likeness (QED) is 0.825. The highest BCUT2D eigenvalue weighted by molar-refractivity contribution is 5.16. The van der Waals surface area contributed by atoms with E-state index >= 15 is 0 Å². The van der Waals surface area contributed by atoms with Gasteiger partial charge in [0.05, 0.1) is 0 Å². The van der Waals surface area contributed by atoms with Gasteiger partial charge in [0.2, 0.25) is 0 Å². The fourth-order valence-corrected chi connectivity index (χ4v) is 1.39. The summed E-state index contributed by atoms with van der Waals surface area (Å²) in [7, 11) is 0. The summed E-state index contributed by atoms with van der Waals surface area (Å²) in [5, 5.41) is 3.49. The van der Waals surface area contributed by atoms with E-state index in [0.29, 0.717) is 6.04 Å². The van der Waals surface area contributed by atoms with Gasteiger partial charge in [-0.3, -0.25) is 0 Å². The predicted octanol–water partition coefficient (Wildman–Crippen LogP) is 3.39. The van der Waals surface area contributed by atoms with Crippen molar-refractivity contribution in [1.29, 1.82) is 0 Å². The topological polar surface area (TPSA) is 12.0 Å². The van der Waals surface area contributed by atoms with Crippen molar-refractivity contribution >= 4 is 0 Å². The molecule has 1 N–H and O–H groups in total. The van der Waals surface area contributed by atoms with Crippen molar-refractivity contribution in [3.63, 3.8) is 0 Å². The first-order valence-corrected chi connectivity index (χ1v) is 5.87. The zero-order valence-corrected chi connectivity index (χ0v) is 10.7. The molecule has 0 heterocycles. The first-order valence-electron chi connectivity index (χ1n) is 5.87. The van der Waals surface area contributed by atoms with Crippen molar-refractivity contribution in [2.45, 2.75) is 40.2 Å². The molecule has 0 aromatic heterocycles. The SMILES string of the molecule is CC(NCCc1ccc(F)cc1)C(C)(C)C. The van der Waals surface area contributed by atoms with Crippen LogP contribution in [-0.4, -0.2) is 12.6 Å². The molecule has 1 rings (SSSR count). The molecular weight excluding hydrogens is 201 g/mol. The minimum atomic E-state index is -0.167. The third-order valence-electron chi connectivity index (χ3n) is 3.08. The summed E-state index contributed by atoms with van der Waals surface area (Å²) >= 11 is 0. The van der Waals surface area contributed by atoms with Crippen molar-refractivity contribution in [2.75, 3.05) is 6.54 Å². The second-order valence-corrected chi connectivity index (χ2v) is 5.42. The fourth-order valence-electron chi connectivity index (χ4n) is 1.39. The molecule has 1 atom stereocenters. The van der Waals surface area contributed by atoms with E-state index < -0.39 is 0 Å². The monoisotopic (exact) mass is 223 g/mol. The van der Waals surface area contributed by atoms with Gasteiger partial charge in [-0.05, 0) is 43.0 Å². The lowest BCUT2D eigenvalue weighted by Gasteiger charge is -2.28. The summed E-state index contributed by atoms with van der Waals surface area (Å²) in [6.07, 6.45) is 0.945. The molecule has 1 unspecified atom stereocenters. The summed E-state index contributed by atoms with van der Waals surface area (Å²) < 4.78 is 12.7. The smallest absolute Gasteiger partial charge is 0.123 e. The van der Waals surface area contributed by atoms with Crippen molar-refractivity contribution in [3.05, 3.63) is 35.6 Å². The molecule has 0 saturated carbocycles. The Morgan fingerprint density at radius 3 is 2.25 bits per heavy atom. The standard InChI is InChI=1S/C14H22FN/c1-11(14(2,3)4)16-10-9-12-5-7-13(15)8-6-12/h5-8,11,16H,9-10H2,1-4H3. The first-order chi connectivity index (χ1) is 7.39. The van der Waals surface area contributed by atoms with Crippen molar-refractivity contribution in [3.8, 4) is 0 Å². The summed E-state index contributed by atoms with van der Waals surface area (Å²) in [4.78, 5) is 0. The maximum Gasteiger partial charge on any atom is 0.123 e. The van der Waals surface area contributed by atoms with Gasteiger partial charge in [-0.1, -0.05) is 32.9 Å². The summed E-state index contributed by atoms with van der Waals surface area (Å²) in [6.45, 7) is 9.81. The maximum absolute atomic E-state index is 12.7. The minimum absolute atomic E-state index is 0.167. The molecule has 1 aromatic carbocycles. The van der Waals surface area contributed by atoms with E-state index in [1.807, 2.05) is 12.1 Å². The highest BCUT2D eigenvalue weighted by atomic mass is 19.1. The molecule has 16 heavy (non-hydrogen) atoms. The normalized spacial score (nSPS) is 13.8. The predicted molar refractivity (Wildman–Crippen MR) is 67.0 cm³/mol. The van der Waals surface area contributed by atoms with Gasteiger partial charge in [-0.25, -0.2) is 4.39 Å². The summed E-state index contributed by atoms with van der Waals surface area (Å²) in [5.74, 6) is -0.167. The van der Waals surface area contributed by atoms with Crippen LogP contribution in [0, 0.1) is 11.2 Å². The third-order valence-corrected chi connectivity index (χ3v) is 3.08. The number of nitrogens with one attached hydrogen (secondary N) is 1. The van der Waals surface area contributed by atoms with Gasteiger partial charge in [0.1, 0.15) is 5.82 Å². The fraction of sp³-hybridized carbons (Fsp3) is 0.571. The molecule has 0 amide bonds. The Morgan fingerprint density at radius 1 is 1.19 bits per heavy atom. The lowest BCUT2D eigenvalue weighted by Crippen LogP contribution is -2.38. The highest BCUT2D eigenvalue weighted by Crippen LogP contribution is 2.18. The lowest BCUT2D eigenvalue weighted by atomic mass is 9.88. The van der Waals surface area contributed by atoms with Crippen LogP contribution < -0.4 is 5.32 Å². The zero-order chi connectivity index (χ0) is 12.2. The second-order valence-electron chi connectivity index (χ2n) is 5.42. The van der Waals surface area contributed by atoms with Crippen LogP contribution in [0.5, 0.6) is 0 Å². The van der Waals surface area contributed by atoms with Gasteiger partial charge >= 0.3 is 0 Å². The molecule has 0 aliphatic heterocycles. The Bertz CT molecular complexity index is 311. The molecule has 0 fully saturated rings. The van der Waals surface area contributed by atoms with E-state index in [-0.39, 0.29) is 11.2 Å². The Kier molecular flexibility index (Phi) is 4.48. The molecule has 0 aliphatic rings. The lowest BCUT2D eigenvalue weighted by molar-refractivity contribution is 0.288. The molecule has 90 valence electrons. The van der Waals surface area contributed by atoms with Crippen LogP contribution in [0.15, 0.2) is 24.3 Å². The van der Waals surface area contributed by atoms with Crippen LogP contribution in [-0.2, 0) is 6.42 Å². The molecule has 0 radical (unpaired) electrons. The van der Waals surface area contributed by atoms with Crippen LogP contribution in [0.25, 0.3) is 0 Å². The molecule has 2 heteroatoms. The highest BCUT2D eigenvalue weighted by Gasteiger charge is 2.18. The van der Waals surface area contributed by atoms with Crippen molar-refractivity contribution in [2.24, 2.45) is 5.41 Å². The van der Waals surface area contributed by atoms with E-state index in [1.165, 1.54) is 17.7 Å². The third kappa shape index (κ3) is 4.31. The maximum atomic E-state index is 12.7. The first kappa shape index (κ1) is 13.2.